The van der Waals surface area contributed by atoms with E-state index in [1.165, 1.54) is 0 Å². The normalized spacial score (nSPS) is 12.0. The minimum absolute atomic E-state index is 0.0701. The Morgan fingerprint density at radius 3 is 2.47 bits per heavy atom. The van der Waals surface area contributed by atoms with Gasteiger partial charge in [-0.3, -0.25) is 9.78 Å². The summed E-state index contributed by atoms with van der Waals surface area (Å²) < 4.78 is 32.5. The number of nitrogens with one attached hydrogen (secondary N) is 2. The summed E-state index contributed by atoms with van der Waals surface area (Å²) in [6.07, 6.45) is 3.19. The molecule has 7 nitrogen and oxygen atoms in total. The molecule has 30 heavy (non-hydrogen) atoms. The zero-order valence-electron chi connectivity index (χ0n) is 17.2. The molecule has 2 aromatic heterocycles. The Balaban J connectivity index is 1.55. The van der Waals surface area contributed by atoms with E-state index in [4.69, 9.17) is 4.42 Å². The van der Waals surface area contributed by atoms with Gasteiger partial charge in [-0.1, -0.05) is 32.9 Å². The minimum atomic E-state index is -3.77. The van der Waals surface area contributed by atoms with Crippen LogP contribution < -0.4 is 10.0 Å². The average Bonchev–Trinajstić information content (AvgIpc) is 3.25. The van der Waals surface area contributed by atoms with E-state index in [9.17, 15) is 13.2 Å². The van der Waals surface area contributed by atoms with Gasteiger partial charge in [-0.25, -0.2) is 13.1 Å². The molecule has 0 aliphatic carbocycles. The lowest BCUT2D eigenvalue weighted by molar-refractivity contribution is -0.120. The fourth-order valence-electron chi connectivity index (χ4n) is 2.78. The van der Waals surface area contributed by atoms with Crippen LogP contribution in [0.5, 0.6) is 0 Å². The molecular formula is C22H25N3O4S. The predicted octanol–water partition coefficient (Wildman–Crippen LogP) is 3.23. The first-order chi connectivity index (χ1) is 14.1. The molecule has 3 rings (SSSR count). The van der Waals surface area contributed by atoms with Gasteiger partial charge in [0.05, 0.1) is 17.7 Å². The smallest absolute Gasteiger partial charge is 0.241 e. The molecule has 2 N–H and O–H groups in total. The molecule has 0 aliphatic heterocycles. The number of hydrogen-bond acceptors (Lipinski definition) is 5. The van der Waals surface area contributed by atoms with Crippen molar-refractivity contribution in [1.82, 2.24) is 15.0 Å². The standard InChI is InChI=1S/C22H25N3O4S/c1-22(2,3)17-6-8-18(9-7-17)30(27,28)25-15-21(26)24-14-16-10-11-23-19(13-16)20-5-4-12-29-20/h4-13,25H,14-15H2,1-3H3,(H,24,26). The summed E-state index contributed by atoms with van der Waals surface area (Å²) in [6, 6.07) is 13.8. The third-order valence-corrected chi connectivity index (χ3v) is 5.96. The molecule has 0 bridgehead atoms. The van der Waals surface area contributed by atoms with Gasteiger partial charge in [0, 0.05) is 12.7 Å². The summed E-state index contributed by atoms with van der Waals surface area (Å²) in [5, 5.41) is 2.70. The maximum atomic E-state index is 12.4. The number of amides is 1. The SMILES string of the molecule is CC(C)(C)c1ccc(S(=O)(=O)NCC(=O)NCc2ccnc(-c3ccco3)c2)cc1. The van der Waals surface area contributed by atoms with Gasteiger partial charge < -0.3 is 9.73 Å². The van der Waals surface area contributed by atoms with Gasteiger partial charge in [0.25, 0.3) is 0 Å². The van der Waals surface area contributed by atoms with Gasteiger partial charge in [-0.2, -0.15) is 0 Å². The Morgan fingerprint density at radius 2 is 1.83 bits per heavy atom. The second-order valence-electron chi connectivity index (χ2n) is 7.90. The van der Waals surface area contributed by atoms with E-state index >= 15 is 0 Å². The number of aromatic nitrogens is 1. The molecule has 0 atom stereocenters. The largest absolute Gasteiger partial charge is 0.463 e. The molecule has 8 heteroatoms. The lowest BCUT2D eigenvalue weighted by atomic mass is 9.87. The molecule has 0 radical (unpaired) electrons. The van der Waals surface area contributed by atoms with Crippen molar-refractivity contribution in [3.05, 3.63) is 72.1 Å². The van der Waals surface area contributed by atoms with Crippen molar-refractivity contribution >= 4 is 15.9 Å². The van der Waals surface area contributed by atoms with Gasteiger partial charge in [0.15, 0.2) is 5.76 Å². The van der Waals surface area contributed by atoms with E-state index in [0.717, 1.165) is 11.1 Å². The Labute approximate surface area is 176 Å². The number of rotatable bonds is 7. The van der Waals surface area contributed by atoms with Gasteiger partial charge in [0.2, 0.25) is 15.9 Å². The van der Waals surface area contributed by atoms with Crippen molar-refractivity contribution in [2.45, 2.75) is 37.6 Å². The third kappa shape index (κ3) is 5.55. The summed E-state index contributed by atoms with van der Waals surface area (Å²) in [4.78, 5) is 16.5. The summed E-state index contributed by atoms with van der Waals surface area (Å²) in [7, 11) is -3.77. The molecule has 1 aromatic carbocycles. The second kappa shape index (κ2) is 8.81. The van der Waals surface area contributed by atoms with E-state index in [1.807, 2.05) is 0 Å². The van der Waals surface area contributed by atoms with Crippen molar-refractivity contribution in [3.63, 3.8) is 0 Å². The minimum Gasteiger partial charge on any atom is -0.463 e. The van der Waals surface area contributed by atoms with E-state index in [-0.39, 0.29) is 23.4 Å². The van der Waals surface area contributed by atoms with Crippen molar-refractivity contribution in [1.29, 1.82) is 0 Å². The number of carbonyl (C=O) groups excluding carboxylic acids is 1. The van der Waals surface area contributed by atoms with Crippen LogP contribution in [0.25, 0.3) is 11.5 Å². The molecule has 0 fully saturated rings. The van der Waals surface area contributed by atoms with Crippen molar-refractivity contribution in [2.24, 2.45) is 0 Å². The molecule has 1 amide bonds. The number of pyridine rings is 1. The van der Waals surface area contributed by atoms with Crippen LogP contribution in [0.4, 0.5) is 0 Å². The fraction of sp³-hybridized carbons (Fsp3) is 0.273. The maximum Gasteiger partial charge on any atom is 0.241 e. The van der Waals surface area contributed by atoms with Crippen molar-refractivity contribution in [3.8, 4) is 11.5 Å². The highest BCUT2D eigenvalue weighted by Gasteiger charge is 2.18. The predicted molar refractivity (Wildman–Crippen MR) is 114 cm³/mol. The average molecular weight is 428 g/mol. The van der Waals surface area contributed by atoms with Crippen LogP contribution in [0.3, 0.4) is 0 Å². The van der Waals surface area contributed by atoms with E-state index in [1.54, 1.807) is 61.0 Å². The highest BCUT2D eigenvalue weighted by molar-refractivity contribution is 7.89. The molecule has 0 saturated carbocycles. The van der Waals surface area contributed by atoms with Crippen LogP contribution in [0.2, 0.25) is 0 Å². The second-order valence-corrected chi connectivity index (χ2v) is 9.67. The van der Waals surface area contributed by atoms with E-state index < -0.39 is 15.9 Å². The maximum absolute atomic E-state index is 12.4. The van der Waals surface area contributed by atoms with Gasteiger partial charge in [0.1, 0.15) is 5.69 Å². The number of carbonyl (C=O) groups is 1. The van der Waals surface area contributed by atoms with Gasteiger partial charge in [-0.15, -0.1) is 0 Å². The number of nitrogens with zero attached hydrogens (tertiary/aromatic N) is 1. The Hall–Kier alpha value is -2.97. The highest BCUT2D eigenvalue weighted by Crippen LogP contribution is 2.23. The first-order valence-electron chi connectivity index (χ1n) is 9.51. The fourth-order valence-corrected chi connectivity index (χ4v) is 3.77. The molecule has 0 unspecified atom stereocenters. The molecule has 3 aromatic rings. The highest BCUT2D eigenvalue weighted by atomic mass is 32.2. The topological polar surface area (TPSA) is 101 Å². The number of furan rings is 1. The van der Waals surface area contributed by atoms with Crippen LogP contribution in [0.1, 0.15) is 31.9 Å². The zero-order valence-corrected chi connectivity index (χ0v) is 18.0. The quantitative estimate of drug-likeness (QED) is 0.603. The van der Waals surface area contributed by atoms with Crippen molar-refractivity contribution in [2.75, 3.05) is 6.54 Å². The summed E-state index contributed by atoms with van der Waals surface area (Å²) >= 11 is 0. The zero-order chi connectivity index (χ0) is 21.8. The lowest BCUT2D eigenvalue weighted by Crippen LogP contribution is -2.36. The van der Waals surface area contributed by atoms with Crippen molar-refractivity contribution < 1.29 is 17.6 Å². The number of benzene rings is 1. The number of sulfonamides is 1. The first-order valence-corrected chi connectivity index (χ1v) is 11.0. The van der Waals surface area contributed by atoms with Crippen LogP contribution in [-0.2, 0) is 26.8 Å². The third-order valence-electron chi connectivity index (χ3n) is 4.54. The summed E-state index contributed by atoms with van der Waals surface area (Å²) in [5.41, 5.74) is 2.45. The monoisotopic (exact) mass is 427 g/mol. The Kier molecular flexibility index (Phi) is 6.38. The lowest BCUT2D eigenvalue weighted by Gasteiger charge is -2.19. The molecular weight excluding hydrogens is 402 g/mol. The first kappa shape index (κ1) is 21.7. The van der Waals surface area contributed by atoms with E-state index in [2.05, 4.69) is 35.8 Å². The number of hydrogen-bond donors (Lipinski definition) is 2. The summed E-state index contributed by atoms with van der Waals surface area (Å²) in [6.45, 7) is 6.06. The van der Waals surface area contributed by atoms with Crippen LogP contribution in [0.15, 0.2) is 70.3 Å². The molecule has 0 aliphatic rings. The molecule has 158 valence electrons. The Bertz CT molecular complexity index is 1100. The van der Waals surface area contributed by atoms with Gasteiger partial charge >= 0.3 is 0 Å². The molecule has 2 heterocycles. The van der Waals surface area contributed by atoms with Crippen LogP contribution in [0, 0.1) is 0 Å². The molecule has 0 saturated heterocycles. The summed E-state index contributed by atoms with van der Waals surface area (Å²) in [5.74, 6) is 0.203. The van der Waals surface area contributed by atoms with Gasteiger partial charge in [-0.05, 0) is 52.9 Å². The van der Waals surface area contributed by atoms with Crippen LogP contribution >= 0.6 is 0 Å². The molecule has 0 spiro atoms. The van der Waals surface area contributed by atoms with Crippen LogP contribution in [-0.4, -0.2) is 25.9 Å². The Morgan fingerprint density at radius 1 is 1.10 bits per heavy atom. The van der Waals surface area contributed by atoms with E-state index in [0.29, 0.717) is 11.5 Å².